The summed E-state index contributed by atoms with van der Waals surface area (Å²) in [7, 11) is 6.05. The topological polar surface area (TPSA) is 65.1 Å². The monoisotopic (exact) mass is 337 g/mol. The largest absolute Gasteiger partial charge is 0.493 e. The number of amides is 1. The lowest BCUT2D eigenvalue weighted by atomic mass is 10.0. The van der Waals surface area contributed by atoms with Gasteiger partial charge in [0, 0.05) is 18.7 Å². The van der Waals surface area contributed by atoms with Crippen molar-refractivity contribution in [2.75, 3.05) is 28.4 Å². The van der Waals surface area contributed by atoms with E-state index in [1.54, 1.807) is 7.05 Å². The molecule has 0 N–H and O–H groups in total. The molecule has 1 atom stereocenters. The molecule has 6 heteroatoms. The maximum absolute atomic E-state index is 12.6. The highest BCUT2D eigenvalue weighted by atomic mass is 16.5. The molecule has 1 unspecified atom stereocenters. The third-order valence-electron chi connectivity index (χ3n) is 3.92. The van der Waals surface area contributed by atoms with E-state index >= 15 is 0 Å². The lowest BCUT2D eigenvalue weighted by molar-refractivity contribution is -0.127. The van der Waals surface area contributed by atoms with Gasteiger partial charge >= 0.3 is 0 Å². The van der Waals surface area contributed by atoms with Crippen molar-refractivity contribution in [3.63, 3.8) is 0 Å². The number of nitrogens with zero attached hydrogens (tertiary/aromatic N) is 1. The molecule has 0 heterocycles. The molecular formula is C18H27NO5. The van der Waals surface area contributed by atoms with Crippen LogP contribution in [0.4, 0.5) is 0 Å². The second-order valence-electron chi connectivity index (χ2n) is 6.14. The number of carbonyl (C=O) groups is 2. The van der Waals surface area contributed by atoms with Gasteiger partial charge in [-0.05, 0) is 31.4 Å². The van der Waals surface area contributed by atoms with Crippen LogP contribution in [0.3, 0.4) is 0 Å². The van der Waals surface area contributed by atoms with Gasteiger partial charge in [-0.15, -0.1) is 0 Å². The van der Waals surface area contributed by atoms with Gasteiger partial charge in [0.15, 0.2) is 11.5 Å². The molecule has 0 aliphatic carbocycles. The molecule has 0 spiro atoms. The smallest absolute Gasteiger partial charge is 0.294 e. The fourth-order valence-electron chi connectivity index (χ4n) is 2.54. The summed E-state index contributed by atoms with van der Waals surface area (Å²) >= 11 is 0. The van der Waals surface area contributed by atoms with Crippen LogP contribution < -0.4 is 14.2 Å². The second kappa shape index (κ2) is 8.57. The molecule has 1 amide bonds. The van der Waals surface area contributed by atoms with Gasteiger partial charge in [0.25, 0.3) is 11.7 Å². The van der Waals surface area contributed by atoms with Gasteiger partial charge in [-0.2, -0.15) is 0 Å². The highest BCUT2D eigenvalue weighted by Gasteiger charge is 2.26. The van der Waals surface area contributed by atoms with E-state index in [0.717, 1.165) is 6.42 Å². The number of methoxy groups -OCH3 is 3. The van der Waals surface area contributed by atoms with Gasteiger partial charge in [0.05, 0.1) is 21.3 Å². The molecular weight excluding hydrogens is 310 g/mol. The van der Waals surface area contributed by atoms with Crippen LogP contribution >= 0.6 is 0 Å². The minimum atomic E-state index is -0.604. The fraction of sp³-hybridized carbons (Fsp3) is 0.556. The van der Waals surface area contributed by atoms with Crippen molar-refractivity contribution in [3.05, 3.63) is 17.7 Å². The second-order valence-corrected chi connectivity index (χ2v) is 6.14. The van der Waals surface area contributed by atoms with Gasteiger partial charge in [-0.1, -0.05) is 13.8 Å². The Hall–Kier alpha value is -2.24. The molecule has 6 nitrogen and oxygen atoms in total. The summed E-state index contributed by atoms with van der Waals surface area (Å²) in [6.45, 7) is 6.09. The molecule has 0 saturated carbocycles. The zero-order valence-electron chi connectivity index (χ0n) is 15.5. The van der Waals surface area contributed by atoms with Crippen LogP contribution in [-0.4, -0.2) is 51.0 Å². The molecule has 0 fully saturated rings. The number of hydrogen-bond donors (Lipinski definition) is 0. The van der Waals surface area contributed by atoms with Gasteiger partial charge < -0.3 is 19.1 Å². The molecule has 0 radical (unpaired) electrons. The molecule has 134 valence electrons. The van der Waals surface area contributed by atoms with Crippen LogP contribution in [0.1, 0.15) is 37.6 Å². The Bertz CT molecular complexity index is 572. The van der Waals surface area contributed by atoms with E-state index in [1.807, 2.05) is 6.92 Å². The molecule has 0 aliphatic heterocycles. The van der Waals surface area contributed by atoms with Crippen molar-refractivity contribution in [2.45, 2.75) is 33.2 Å². The SMILES string of the molecule is COc1cc(C(=O)C(=O)N(C)C(C)CC(C)C)cc(OC)c1OC. The van der Waals surface area contributed by atoms with Crippen LogP contribution in [0, 0.1) is 5.92 Å². The van der Waals surface area contributed by atoms with Gasteiger partial charge in [-0.3, -0.25) is 9.59 Å². The lowest BCUT2D eigenvalue weighted by Gasteiger charge is -2.25. The fourth-order valence-corrected chi connectivity index (χ4v) is 2.54. The van der Waals surface area contributed by atoms with Gasteiger partial charge in [0.2, 0.25) is 5.75 Å². The predicted octanol–water partition coefficient (Wildman–Crippen LogP) is 2.79. The number of rotatable bonds is 8. The van der Waals surface area contributed by atoms with Crippen molar-refractivity contribution in [3.8, 4) is 17.2 Å². The highest BCUT2D eigenvalue weighted by molar-refractivity contribution is 6.42. The zero-order chi connectivity index (χ0) is 18.4. The molecule has 0 aromatic heterocycles. The van der Waals surface area contributed by atoms with Crippen molar-refractivity contribution >= 4 is 11.7 Å². The standard InChI is InChI=1S/C18H27NO5/c1-11(2)8-12(3)19(4)18(21)16(20)13-9-14(22-5)17(24-7)15(10-13)23-6/h9-12H,8H2,1-7H3. The summed E-state index contributed by atoms with van der Waals surface area (Å²) in [4.78, 5) is 26.5. The maximum atomic E-state index is 12.6. The van der Waals surface area contributed by atoms with E-state index in [0.29, 0.717) is 23.2 Å². The van der Waals surface area contributed by atoms with Crippen LogP contribution in [0.25, 0.3) is 0 Å². The summed E-state index contributed by atoms with van der Waals surface area (Å²) in [5, 5.41) is 0. The molecule has 1 aromatic rings. The first-order valence-corrected chi connectivity index (χ1v) is 7.88. The number of hydrogen-bond acceptors (Lipinski definition) is 5. The van der Waals surface area contributed by atoms with Crippen LogP contribution in [0.2, 0.25) is 0 Å². The van der Waals surface area contributed by atoms with E-state index in [9.17, 15) is 9.59 Å². The first-order valence-electron chi connectivity index (χ1n) is 7.88. The van der Waals surface area contributed by atoms with Crippen LogP contribution in [-0.2, 0) is 4.79 Å². The van der Waals surface area contributed by atoms with E-state index in [-0.39, 0.29) is 11.6 Å². The number of Topliss-reactive ketones (excluding diaryl/α,β-unsaturated/α-hetero) is 1. The first-order chi connectivity index (χ1) is 11.3. The minimum Gasteiger partial charge on any atom is -0.493 e. The summed E-state index contributed by atoms with van der Waals surface area (Å²) in [6, 6.07) is 2.95. The molecule has 1 aromatic carbocycles. The number of ketones is 1. The molecule has 24 heavy (non-hydrogen) atoms. The quantitative estimate of drug-likeness (QED) is 0.539. The summed E-state index contributed by atoms with van der Waals surface area (Å²) in [5.74, 6) is 0.332. The first kappa shape index (κ1) is 19.8. The Morgan fingerprint density at radius 2 is 1.50 bits per heavy atom. The minimum absolute atomic E-state index is 0.0245. The van der Waals surface area contributed by atoms with E-state index in [2.05, 4.69) is 13.8 Å². The van der Waals surface area contributed by atoms with E-state index in [4.69, 9.17) is 14.2 Å². The predicted molar refractivity (Wildman–Crippen MR) is 92.1 cm³/mol. The van der Waals surface area contributed by atoms with E-state index in [1.165, 1.54) is 38.4 Å². The molecule has 0 aliphatic rings. The normalized spacial score (nSPS) is 11.8. The van der Waals surface area contributed by atoms with Gasteiger partial charge in [0.1, 0.15) is 0 Å². The Morgan fingerprint density at radius 3 is 1.88 bits per heavy atom. The summed E-state index contributed by atoms with van der Waals surface area (Å²) in [5.41, 5.74) is 0.207. The Kier molecular flexibility index (Phi) is 7.07. The van der Waals surface area contributed by atoms with E-state index < -0.39 is 11.7 Å². The number of benzene rings is 1. The van der Waals surface area contributed by atoms with Gasteiger partial charge in [-0.25, -0.2) is 0 Å². The average molecular weight is 337 g/mol. The molecule has 0 bridgehead atoms. The summed E-state index contributed by atoms with van der Waals surface area (Å²) < 4.78 is 15.7. The van der Waals surface area contributed by atoms with Crippen LogP contribution in [0.15, 0.2) is 12.1 Å². The average Bonchev–Trinajstić information content (AvgIpc) is 2.57. The molecule has 0 saturated heterocycles. The van der Waals surface area contributed by atoms with Crippen molar-refractivity contribution in [1.29, 1.82) is 0 Å². The zero-order valence-corrected chi connectivity index (χ0v) is 15.5. The van der Waals surface area contributed by atoms with Crippen molar-refractivity contribution in [2.24, 2.45) is 5.92 Å². The number of ether oxygens (including phenoxy) is 3. The number of likely N-dealkylation sites (N-methyl/N-ethyl adjacent to an activating group) is 1. The van der Waals surface area contributed by atoms with Crippen LogP contribution in [0.5, 0.6) is 17.2 Å². The molecule has 1 rings (SSSR count). The summed E-state index contributed by atoms with van der Waals surface area (Å²) in [6.07, 6.45) is 0.824. The lowest BCUT2D eigenvalue weighted by Crippen LogP contribution is -2.40. The third kappa shape index (κ3) is 4.40. The van der Waals surface area contributed by atoms with Crippen molar-refractivity contribution in [1.82, 2.24) is 4.90 Å². The number of carbonyl (C=O) groups excluding carboxylic acids is 2. The highest BCUT2D eigenvalue weighted by Crippen LogP contribution is 2.38. The Labute approximate surface area is 143 Å². The van der Waals surface area contributed by atoms with Crippen molar-refractivity contribution < 1.29 is 23.8 Å². The maximum Gasteiger partial charge on any atom is 0.294 e. The Balaban J connectivity index is 3.12. The Morgan fingerprint density at radius 1 is 1.00 bits per heavy atom. The third-order valence-corrected chi connectivity index (χ3v) is 3.92.